The fourth-order valence-electron chi connectivity index (χ4n) is 3.39. The highest BCUT2D eigenvalue weighted by atomic mass is 79.9. The van der Waals surface area contributed by atoms with Gasteiger partial charge in [0.15, 0.2) is 16.3 Å². The number of halogens is 2. The Balaban J connectivity index is 1.71. The maximum Gasteiger partial charge on any atom is 0.190 e. The standard InChI is InChI=1S/C25H22BrClN2O2S/c1-30-23-12-3-17(15-24(23)31-2)13-14-29-22(18-4-6-19(26)7-5-18)16-32-25(29)28-21-10-8-20(27)9-11-21/h3-12,15-16H,13-14H2,1-2H3. The summed E-state index contributed by atoms with van der Waals surface area (Å²) in [5.74, 6) is 1.47. The third-order valence-electron chi connectivity index (χ3n) is 5.06. The summed E-state index contributed by atoms with van der Waals surface area (Å²) < 4.78 is 14.2. The molecule has 0 spiro atoms. The van der Waals surface area contributed by atoms with Crippen molar-refractivity contribution in [2.45, 2.75) is 13.0 Å². The lowest BCUT2D eigenvalue weighted by Gasteiger charge is -2.12. The summed E-state index contributed by atoms with van der Waals surface area (Å²) in [4.78, 5) is 5.82. The van der Waals surface area contributed by atoms with Gasteiger partial charge in [0, 0.05) is 21.4 Å². The molecule has 0 aliphatic heterocycles. The van der Waals surface area contributed by atoms with E-state index in [-0.39, 0.29) is 0 Å². The highest BCUT2D eigenvalue weighted by molar-refractivity contribution is 9.10. The van der Waals surface area contributed by atoms with Crippen LogP contribution in [0.5, 0.6) is 11.5 Å². The van der Waals surface area contributed by atoms with Crippen molar-refractivity contribution in [3.05, 3.63) is 92.0 Å². The maximum absolute atomic E-state index is 6.04. The molecule has 0 saturated heterocycles. The summed E-state index contributed by atoms with van der Waals surface area (Å²) in [7, 11) is 3.30. The van der Waals surface area contributed by atoms with Crippen molar-refractivity contribution < 1.29 is 9.47 Å². The predicted octanol–water partition coefficient (Wildman–Crippen LogP) is 7.12. The van der Waals surface area contributed by atoms with Gasteiger partial charge < -0.3 is 14.0 Å². The highest BCUT2D eigenvalue weighted by Gasteiger charge is 2.10. The molecule has 1 heterocycles. The van der Waals surface area contributed by atoms with Crippen molar-refractivity contribution in [1.29, 1.82) is 0 Å². The monoisotopic (exact) mass is 528 g/mol. The minimum Gasteiger partial charge on any atom is -0.493 e. The van der Waals surface area contributed by atoms with Crippen molar-refractivity contribution in [3.63, 3.8) is 0 Å². The van der Waals surface area contributed by atoms with E-state index >= 15 is 0 Å². The van der Waals surface area contributed by atoms with Crippen LogP contribution in [-0.4, -0.2) is 18.8 Å². The summed E-state index contributed by atoms with van der Waals surface area (Å²) in [5, 5.41) is 2.86. The van der Waals surface area contributed by atoms with Crippen LogP contribution in [0, 0.1) is 0 Å². The largest absolute Gasteiger partial charge is 0.493 e. The molecule has 0 saturated carbocycles. The van der Waals surface area contributed by atoms with Gasteiger partial charge in [-0.2, -0.15) is 0 Å². The molecule has 4 rings (SSSR count). The second kappa shape index (κ2) is 10.4. The van der Waals surface area contributed by atoms with E-state index in [9.17, 15) is 0 Å². The Morgan fingerprint density at radius 1 is 0.938 bits per heavy atom. The van der Waals surface area contributed by atoms with Gasteiger partial charge in [-0.25, -0.2) is 4.99 Å². The third-order valence-corrected chi connectivity index (χ3v) is 6.71. The molecule has 4 aromatic rings. The van der Waals surface area contributed by atoms with Gasteiger partial charge in [-0.3, -0.25) is 0 Å². The lowest BCUT2D eigenvalue weighted by Crippen LogP contribution is -2.17. The summed E-state index contributed by atoms with van der Waals surface area (Å²) >= 11 is 11.2. The van der Waals surface area contributed by atoms with Crippen molar-refractivity contribution in [3.8, 4) is 22.8 Å². The van der Waals surface area contributed by atoms with E-state index < -0.39 is 0 Å². The molecule has 0 bridgehead atoms. The second-order valence-corrected chi connectivity index (χ2v) is 9.28. The molecule has 0 fully saturated rings. The van der Waals surface area contributed by atoms with Crippen LogP contribution in [-0.2, 0) is 13.0 Å². The normalized spacial score (nSPS) is 11.6. The minimum atomic E-state index is 0.701. The molecule has 4 nitrogen and oxygen atoms in total. The first-order chi connectivity index (χ1) is 15.6. The van der Waals surface area contributed by atoms with E-state index in [1.165, 1.54) is 5.56 Å². The zero-order valence-corrected chi connectivity index (χ0v) is 20.9. The summed E-state index contributed by atoms with van der Waals surface area (Å²) in [6.45, 7) is 0.775. The zero-order chi connectivity index (χ0) is 22.5. The van der Waals surface area contributed by atoms with Gasteiger partial charge >= 0.3 is 0 Å². The predicted molar refractivity (Wildman–Crippen MR) is 135 cm³/mol. The van der Waals surface area contributed by atoms with Gasteiger partial charge in [-0.15, -0.1) is 11.3 Å². The van der Waals surface area contributed by atoms with E-state index in [1.807, 2.05) is 36.4 Å². The molecule has 0 atom stereocenters. The topological polar surface area (TPSA) is 35.8 Å². The van der Waals surface area contributed by atoms with Crippen molar-refractivity contribution >= 4 is 44.6 Å². The highest BCUT2D eigenvalue weighted by Crippen LogP contribution is 2.28. The van der Waals surface area contributed by atoms with E-state index in [2.05, 4.69) is 56.2 Å². The van der Waals surface area contributed by atoms with Crippen molar-refractivity contribution in [2.24, 2.45) is 4.99 Å². The molecular formula is C25H22BrClN2O2S. The number of hydrogen-bond donors (Lipinski definition) is 0. The Morgan fingerprint density at radius 2 is 1.66 bits per heavy atom. The molecule has 0 radical (unpaired) electrons. The number of rotatable bonds is 7. The SMILES string of the molecule is COc1ccc(CCn2c(-c3ccc(Br)cc3)csc2=Nc2ccc(Cl)cc2)cc1OC. The molecule has 0 amide bonds. The third kappa shape index (κ3) is 5.26. The minimum absolute atomic E-state index is 0.701. The van der Waals surface area contributed by atoms with Crippen LogP contribution >= 0.6 is 38.9 Å². The van der Waals surface area contributed by atoms with E-state index in [1.54, 1.807) is 25.6 Å². The average Bonchev–Trinajstić information content (AvgIpc) is 3.21. The van der Waals surface area contributed by atoms with Crippen LogP contribution in [0.25, 0.3) is 11.3 Å². The van der Waals surface area contributed by atoms with Gasteiger partial charge in [-0.05, 0) is 66.1 Å². The summed E-state index contributed by atoms with van der Waals surface area (Å²) in [5.41, 5.74) is 4.32. The van der Waals surface area contributed by atoms with Gasteiger partial charge in [-0.1, -0.05) is 45.7 Å². The van der Waals surface area contributed by atoms with E-state index in [0.717, 1.165) is 50.7 Å². The number of benzene rings is 3. The molecule has 7 heteroatoms. The molecule has 1 aromatic heterocycles. The van der Waals surface area contributed by atoms with Crippen molar-refractivity contribution in [2.75, 3.05) is 14.2 Å². The molecule has 32 heavy (non-hydrogen) atoms. The zero-order valence-electron chi connectivity index (χ0n) is 17.7. The summed E-state index contributed by atoms with van der Waals surface area (Å²) in [6.07, 6.45) is 0.828. The molecule has 0 N–H and O–H groups in total. The fraction of sp³-hybridized carbons (Fsp3) is 0.160. The first kappa shape index (κ1) is 22.6. The quantitative estimate of drug-likeness (QED) is 0.255. The molecule has 0 aliphatic carbocycles. The number of thiazole rings is 1. The Bertz CT molecular complexity index is 1260. The number of methoxy groups -OCH3 is 2. The lowest BCUT2D eigenvalue weighted by molar-refractivity contribution is 0.354. The lowest BCUT2D eigenvalue weighted by atomic mass is 10.1. The molecule has 0 aliphatic rings. The Hall–Kier alpha value is -2.54. The smallest absolute Gasteiger partial charge is 0.190 e. The van der Waals surface area contributed by atoms with Gasteiger partial charge in [0.25, 0.3) is 0 Å². The van der Waals surface area contributed by atoms with E-state index in [4.69, 9.17) is 26.1 Å². The Labute approximate surface area is 204 Å². The fourth-order valence-corrected chi connectivity index (χ4v) is 4.73. The second-order valence-electron chi connectivity index (χ2n) is 7.09. The molecule has 164 valence electrons. The summed E-state index contributed by atoms with van der Waals surface area (Å²) in [6, 6.07) is 22.0. The molecule has 3 aromatic carbocycles. The van der Waals surface area contributed by atoms with Gasteiger partial charge in [0.05, 0.1) is 25.6 Å². The Kier molecular flexibility index (Phi) is 7.35. The van der Waals surface area contributed by atoms with Crippen molar-refractivity contribution in [1.82, 2.24) is 4.57 Å². The van der Waals surface area contributed by atoms with Gasteiger partial charge in [0.1, 0.15) is 0 Å². The first-order valence-corrected chi connectivity index (χ1v) is 12.1. The number of hydrogen-bond acceptors (Lipinski definition) is 4. The van der Waals surface area contributed by atoms with Crippen LogP contribution in [0.2, 0.25) is 5.02 Å². The van der Waals surface area contributed by atoms with Crippen LogP contribution in [0.4, 0.5) is 5.69 Å². The van der Waals surface area contributed by atoms with E-state index in [0.29, 0.717) is 5.02 Å². The number of ether oxygens (including phenoxy) is 2. The van der Waals surface area contributed by atoms with Crippen LogP contribution in [0.15, 0.2) is 81.6 Å². The van der Waals surface area contributed by atoms with Crippen LogP contribution in [0.1, 0.15) is 5.56 Å². The molecule has 0 unspecified atom stereocenters. The first-order valence-electron chi connectivity index (χ1n) is 10.0. The number of aromatic nitrogens is 1. The number of aryl methyl sites for hydroxylation is 1. The number of nitrogens with zero attached hydrogens (tertiary/aromatic N) is 2. The van der Waals surface area contributed by atoms with Gasteiger partial charge in [0.2, 0.25) is 0 Å². The maximum atomic E-state index is 6.04. The van der Waals surface area contributed by atoms with Crippen LogP contribution in [0.3, 0.4) is 0 Å². The average molecular weight is 530 g/mol. The van der Waals surface area contributed by atoms with Crippen LogP contribution < -0.4 is 14.3 Å². The Morgan fingerprint density at radius 3 is 2.34 bits per heavy atom. The molecular weight excluding hydrogens is 508 g/mol.